The molecule has 0 unspecified atom stereocenters. The number of carbonyl (C=O) groups is 1. The quantitative estimate of drug-likeness (QED) is 0.597. The molecule has 0 aromatic heterocycles. The van der Waals surface area contributed by atoms with Gasteiger partial charge in [-0.1, -0.05) is 11.6 Å². The fraction of sp³-hybridized carbons (Fsp3) is 0.462. The first-order chi connectivity index (χ1) is 8.09. The molecule has 0 fully saturated rings. The van der Waals surface area contributed by atoms with Gasteiger partial charge in [0, 0.05) is 10.6 Å². The third kappa shape index (κ3) is 5.82. The van der Waals surface area contributed by atoms with Crippen molar-refractivity contribution in [1.82, 2.24) is 10.2 Å². The first-order valence-electron chi connectivity index (χ1n) is 5.74. The molecule has 0 saturated heterocycles. The Kier molecular flexibility index (Phi) is 6.19. The van der Waals surface area contributed by atoms with E-state index < -0.39 is 0 Å². The minimum absolute atomic E-state index is 0.103. The maximum absolute atomic E-state index is 11.7. The molecule has 1 rings (SSSR count). The molecule has 0 amide bonds. The van der Waals surface area contributed by atoms with Gasteiger partial charge in [-0.3, -0.25) is 4.79 Å². The van der Waals surface area contributed by atoms with Crippen molar-refractivity contribution in [2.24, 2.45) is 0 Å². The van der Waals surface area contributed by atoms with E-state index in [1.54, 1.807) is 24.3 Å². The average Bonchev–Trinajstić information content (AvgIpc) is 2.29. The number of hydrogen-bond acceptors (Lipinski definition) is 3. The fourth-order valence-corrected chi connectivity index (χ4v) is 1.59. The Bertz CT molecular complexity index is 349. The monoisotopic (exact) mass is 254 g/mol. The van der Waals surface area contributed by atoms with Gasteiger partial charge in [0.15, 0.2) is 5.78 Å². The van der Waals surface area contributed by atoms with Crippen LogP contribution >= 0.6 is 11.6 Å². The van der Waals surface area contributed by atoms with Crippen LogP contribution < -0.4 is 5.32 Å². The second kappa shape index (κ2) is 7.43. The first-order valence-corrected chi connectivity index (χ1v) is 6.11. The van der Waals surface area contributed by atoms with Gasteiger partial charge in [-0.15, -0.1) is 0 Å². The van der Waals surface area contributed by atoms with Crippen molar-refractivity contribution in [3.63, 3.8) is 0 Å². The van der Waals surface area contributed by atoms with Crippen LogP contribution in [0.1, 0.15) is 16.8 Å². The summed E-state index contributed by atoms with van der Waals surface area (Å²) in [5.74, 6) is 0.103. The lowest BCUT2D eigenvalue weighted by Gasteiger charge is -2.09. The number of benzene rings is 1. The molecule has 0 radical (unpaired) electrons. The van der Waals surface area contributed by atoms with Gasteiger partial charge in [-0.25, -0.2) is 0 Å². The summed E-state index contributed by atoms with van der Waals surface area (Å²) in [6, 6.07) is 6.99. The molecule has 0 spiro atoms. The largest absolute Gasteiger partial charge is 0.310 e. The Morgan fingerprint density at radius 3 is 2.53 bits per heavy atom. The molecule has 0 bridgehead atoms. The molecule has 0 saturated carbocycles. The standard InChI is InChI=1S/C13H19ClN2O/c1-16(2)9-3-8-15-10-13(17)11-4-6-12(14)7-5-11/h4-7,15H,3,8-10H2,1-2H3. The van der Waals surface area contributed by atoms with Gasteiger partial charge < -0.3 is 10.2 Å². The molecule has 94 valence electrons. The van der Waals surface area contributed by atoms with Gasteiger partial charge in [0.1, 0.15) is 0 Å². The van der Waals surface area contributed by atoms with Crippen LogP contribution in [0.5, 0.6) is 0 Å². The second-order valence-electron chi connectivity index (χ2n) is 4.26. The molecule has 0 aliphatic heterocycles. The van der Waals surface area contributed by atoms with Gasteiger partial charge in [0.05, 0.1) is 6.54 Å². The lowest BCUT2D eigenvalue weighted by molar-refractivity contribution is 0.0991. The first kappa shape index (κ1) is 14.2. The van der Waals surface area contributed by atoms with E-state index in [-0.39, 0.29) is 5.78 Å². The number of hydrogen-bond donors (Lipinski definition) is 1. The summed E-state index contributed by atoms with van der Waals surface area (Å²) in [5.41, 5.74) is 0.703. The third-order valence-electron chi connectivity index (χ3n) is 2.41. The van der Waals surface area contributed by atoms with E-state index in [0.717, 1.165) is 19.5 Å². The smallest absolute Gasteiger partial charge is 0.176 e. The highest BCUT2D eigenvalue weighted by molar-refractivity contribution is 6.30. The highest BCUT2D eigenvalue weighted by Gasteiger charge is 2.04. The number of carbonyl (C=O) groups excluding carboxylic acids is 1. The van der Waals surface area contributed by atoms with Crippen molar-refractivity contribution in [2.75, 3.05) is 33.7 Å². The average molecular weight is 255 g/mol. The minimum Gasteiger partial charge on any atom is -0.310 e. The summed E-state index contributed by atoms with van der Waals surface area (Å²) >= 11 is 5.76. The van der Waals surface area contributed by atoms with Crippen LogP contribution in [0.2, 0.25) is 5.02 Å². The Hall–Kier alpha value is -0.900. The van der Waals surface area contributed by atoms with Crippen LogP contribution in [0, 0.1) is 0 Å². The molecule has 0 aliphatic rings. The van der Waals surface area contributed by atoms with Crippen LogP contribution in [0.4, 0.5) is 0 Å². The van der Waals surface area contributed by atoms with Gasteiger partial charge >= 0.3 is 0 Å². The van der Waals surface area contributed by atoms with Crippen molar-refractivity contribution in [3.05, 3.63) is 34.9 Å². The number of halogens is 1. The zero-order valence-electron chi connectivity index (χ0n) is 10.4. The zero-order chi connectivity index (χ0) is 12.7. The van der Waals surface area contributed by atoms with E-state index in [1.165, 1.54) is 0 Å². The molecular formula is C13H19ClN2O. The summed E-state index contributed by atoms with van der Waals surface area (Å²) in [4.78, 5) is 13.9. The Labute approximate surface area is 108 Å². The van der Waals surface area contributed by atoms with Crippen LogP contribution in [0.25, 0.3) is 0 Å². The summed E-state index contributed by atoms with van der Waals surface area (Å²) in [5, 5.41) is 3.80. The van der Waals surface area contributed by atoms with E-state index in [1.807, 2.05) is 14.1 Å². The highest BCUT2D eigenvalue weighted by atomic mass is 35.5. The molecule has 1 aromatic rings. The lowest BCUT2D eigenvalue weighted by atomic mass is 10.1. The van der Waals surface area contributed by atoms with E-state index in [2.05, 4.69) is 10.2 Å². The number of nitrogens with one attached hydrogen (secondary N) is 1. The molecule has 1 N–H and O–H groups in total. The van der Waals surface area contributed by atoms with Crippen molar-refractivity contribution < 1.29 is 4.79 Å². The summed E-state index contributed by atoms with van der Waals surface area (Å²) < 4.78 is 0. The summed E-state index contributed by atoms with van der Waals surface area (Å²) in [7, 11) is 4.08. The van der Waals surface area contributed by atoms with Crippen molar-refractivity contribution in [3.8, 4) is 0 Å². The fourth-order valence-electron chi connectivity index (χ4n) is 1.46. The molecular weight excluding hydrogens is 236 g/mol. The molecule has 17 heavy (non-hydrogen) atoms. The molecule has 0 aliphatic carbocycles. The Balaban J connectivity index is 2.23. The number of Topliss-reactive ketones (excluding diaryl/α,β-unsaturated/α-hetero) is 1. The van der Waals surface area contributed by atoms with E-state index in [9.17, 15) is 4.79 Å². The normalized spacial score (nSPS) is 10.8. The maximum Gasteiger partial charge on any atom is 0.176 e. The summed E-state index contributed by atoms with van der Waals surface area (Å²) in [6.07, 6.45) is 1.04. The van der Waals surface area contributed by atoms with Crippen LogP contribution in [-0.2, 0) is 0 Å². The SMILES string of the molecule is CN(C)CCCNCC(=O)c1ccc(Cl)cc1. The lowest BCUT2D eigenvalue weighted by Crippen LogP contribution is -2.26. The summed E-state index contributed by atoms with van der Waals surface area (Å²) in [6.45, 7) is 2.27. The topological polar surface area (TPSA) is 32.3 Å². The number of nitrogens with zero attached hydrogens (tertiary/aromatic N) is 1. The highest BCUT2D eigenvalue weighted by Crippen LogP contribution is 2.09. The van der Waals surface area contributed by atoms with E-state index >= 15 is 0 Å². The molecule has 0 atom stereocenters. The minimum atomic E-state index is 0.103. The van der Waals surface area contributed by atoms with Crippen molar-refractivity contribution in [1.29, 1.82) is 0 Å². The van der Waals surface area contributed by atoms with Gasteiger partial charge in [0.25, 0.3) is 0 Å². The second-order valence-corrected chi connectivity index (χ2v) is 4.70. The van der Waals surface area contributed by atoms with Gasteiger partial charge in [-0.05, 0) is 57.9 Å². The van der Waals surface area contributed by atoms with Crippen molar-refractivity contribution in [2.45, 2.75) is 6.42 Å². The zero-order valence-corrected chi connectivity index (χ0v) is 11.1. The molecule has 1 aromatic carbocycles. The van der Waals surface area contributed by atoms with Crippen LogP contribution in [0.3, 0.4) is 0 Å². The number of ketones is 1. The van der Waals surface area contributed by atoms with Gasteiger partial charge in [-0.2, -0.15) is 0 Å². The van der Waals surface area contributed by atoms with E-state index in [0.29, 0.717) is 17.1 Å². The van der Waals surface area contributed by atoms with Crippen LogP contribution in [0.15, 0.2) is 24.3 Å². The predicted octanol–water partition coefficient (Wildman–Crippen LogP) is 2.06. The molecule has 0 heterocycles. The van der Waals surface area contributed by atoms with Gasteiger partial charge in [0.2, 0.25) is 0 Å². The predicted molar refractivity (Wildman–Crippen MR) is 71.8 cm³/mol. The molecule has 3 nitrogen and oxygen atoms in total. The maximum atomic E-state index is 11.7. The third-order valence-corrected chi connectivity index (χ3v) is 2.66. The van der Waals surface area contributed by atoms with E-state index in [4.69, 9.17) is 11.6 Å². The van der Waals surface area contributed by atoms with Crippen LogP contribution in [-0.4, -0.2) is 44.4 Å². The Morgan fingerprint density at radius 1 is 1.29 bits per heavy atom. The molecule has 4 heteroatoms. The Morgan fingerprint density at radius 2 is 1.94 bits per heavy atom. The van der Waals surface area contributed by atoms with Crippen molar-refractivity contribution >= 4 is 17.4 Å². The number of rotatable bonds is 7.